The van der Waals surface area contributed by atoms with Crippen molar-refractivity contribution in [3.8, 4) is 0 Å². The Kier molecular flexibility index (Phi) is 2.58. The second-order valence-corrected chi connectivity index (χ2v) is 4.52. The van der Waals surface area contributed by atoms with Crippen LogP contribution in [0.4, 0.5) is 0 Å². The molecule has 0 aliphatic carbocycles. The Morgan fingerprint density at radius 3 is 2.85 bits per heavy atom. The number of nitrogens with one attached hydrogen (secondary N) is 1. The predicted molar refractivity (Wildman–Crippen MR) is 50.5 cm³/mol. The van der Waals surface area contributed by atoms with Crippen molar-refractivity contribution in [3.05, 3.63) is 0 Å². The van der Waals surface area contributed by atoms with E-state index in [1.807, 2.05) is 0 Å². The minimum absolute atomic E-state index is 0.0994. The van der Waals surface area contributed by atoms with E-state index in [1.54, 1.807) is 0 Å². The van der Waals surface area contributed by atoms with Crippen LogP contribution >= 0.6 is 0 Å². The zero-order chi connectivity index (χ0) is 9.31. The Morgan fingerprint density at radius 1 is 1.46 bits per heavy atom. The SMILES string of the molecule is CC1COC(C)(CC2CCOC2)N1. The molecule has 13 heavy (non-hydrogen) atoms. The van der Waals surface area contributed by atoms with Crippen LogP contribution in [0.25, 0.3) is 0 Å². The first-order valence-corrected chi connectivity index (χ1v) is 5.17. The number of hydrogen-bond acceptors (Lipinski definition) is 3. The molecule has 0 radical (unpaired) electrons. The van der Waals surface area contributed by atoms with Crippen LogP contribution in [0, 0.1) is 5.92 Å². The zero-order valence-electron chi connectivity index (χ0n) is 8.51. The lowest BCUT2D eigenvalue weighted by molar-refractivity contribution is -0.0144. The topological polar surface area (TPSA) is 30.5 Å². The van der Waals surface area contributed by atoms with E-state index in [1.165, 1.54) is 6.42 Å². The molecule has 2 aliphatic rings. The van der Waals surface area contributed by atoms with Gasteiger partial charge in [0.1, 0.15) is 5.72 Å². The largest absolute Gasteiger partial charge is 0.381 e. The van der Waals surface area contributed by atoms with Crippen LogP contribution in [0.1, 0.15) is 26.7 Å². The Morgan fingerprint density at radius 2 is 2.31 bits per heavy atom. The third-order valence-electron chi connectivity index (χ3n) is 2.91. The molecule has 2 rings (SSSR count). The highest BCUT2D eigenvalue weighted by molar-refractivity contribution is 4.85. The maximum Gasteiger partial charge on any atom is 0.117 e. The fourth-order valence-electron chi connectivity index (χ4n) is 2.33. The van der Waals surface area contributed by atoms with Crippen molar-refractivity contribution in [3.63, 3.8) is 0 Å². The third-order valence-corrected chi connectivity index (χ3v) is 2.91. The molecule has 76 valence electrons. The second kappa shape index (κ2) is 3.56. The second-order valence-electron chi connectivity index (χ2n) is 4.52. The lowest BCUT2D eigenvalue weighted by Crippen LogP contribution is -2.42. The van der Waals surface area contributed by atoms with Crippen LogP contribution in [0.3, 0.4) is 0 Å². The molecule has 3 unspecified atom stereocenters. The highest BCUT2D eigenvalue weighted by atomic mass is 16.5. The van der Waals surface area contributed by atoms with Gasteiger partial charge in [0.05, 0.1) is 6.61 Å². The lowest BCUT2D eigenvalue weighted by Gasteiger charge is -2.26. The standard InChI is InChI=1S/C10H19NO2/c1-8-6-13-10(2,11-8)5-9-3-4-12-7-9/h8-9,11H,3-7H2,1-2H3. The predicted octanol–water partition coefficient (Wildman–Crippen LogP) is 1.14. The summed E-state index contributed by atoms with van der Waals surface area (Å²) in [7, 11) is 0. The van der Waals surface area contributed by atoms with Crippen LogP contribution in [0.5, 0.6) is 0 Å². The van der Waals surface area contributed by atoms with E-state index >= 15 is 0 Å². The van der Waals surface area contributed by atoms with Gasteiger partial charge in [0.2, 0.25) is 0 Å². The fraction of sp³-hybridized carbons (Fsp3) is 1.00. The quantitative estimate of drug-likeness (QED) is 0.699. The molecule has 1 N–H and O–H groups in total. The number of rotatable bonds is 2. The van der Waals surface area contributed by atoms with Crippen molar-refractivity contribution in [2.75, 3.05) is 19.8 Å². The minimum atomic E-state index is -0.0994. The van der Waals surface area contributed by atoms with Gasteiger partial charge in [-0.15, -0.1) is 0 Å². The van der Waals surface area contributed by atoms with Crippen LogP contribution in [0.15, 0.2) is 0 Å². The summed E-state index contributed by atoms with van der Waals surface area (Å²) in [5, 5.41) is 3.48. The molecule has 3 nitrogen and oxygen atoms in total. The molecule has 2 saturated heterocycles. The summed E-state index contributed by atoms with van der Waals surface area (Å²) in [6.07, 6.45) is 2.27. The monoisotopic (exact) mass is 185 g/mol. The molecule has 0 aromatic rings. The van der Waals surface area contributed by atoms with Crippen molar-refractivity contribution in [1.82, 2.24) is 5.32 Å². The van der Waals surface area contributed by atoms with Gasteiger partial charge < -0.3 is 9.47 Å². The molecule has 3 atom stereocenters. The fourth-order valence-corrected chi connectivity index (χ4v) is 2.33. The summed E-state index contributed by atoms with van der Waals surface area (Å²) in [5.74, 6) is 0.683. The Bertz CT molecular complexity index is 180. The first-order chi connectivity index (χ1) is 6.18. The number of hydrogen-bond donors (Lipinski definition) is 1. The van der Waals surface area contributed by atoms with Gasteiger partial charge in [0, 0.05) is 19.3 Å². The summed E-state index contributed by atoms with van der Waals surface area (Å²) in [4.78, 5) is 0. The summed E-state index contributed by atoms with van der Waals surface area (Å²) < 4.78 is 11.1. The van der Waals surface area contributed by atoms with Crippen LogP contribution < -0.4 is 5.32 Å². The van der Waals surface area contributed by atoms with E-state index < -0.39 is 0 Å². The molecular formula is C10H19NO2. The third kappa shape index (κ3) is 2.22. The molecule has 2 heterocycles. The summed E-state index contributed by atoms with van der Waals surface area (Å²) >= 11 is 0. The summed E-state index contributed by atoms with van der Waals surface area (Å²) in [6, 6.07) is 0.493. The first kappa shape index (κ1) is 9.44. The molecule has 0 spiro atoms. The van der Waals surface area contributed by atoms with Crippen molar-refractivity contribution < 1.29 is 9.47 Å². The van der Waals surface area contributed by atoms with E-state index in [0.717, 1.165) is 26.2 Å². The zero-order valence-corrected chi connectivity index (χ0v) is 8.51. The highest BCUT2D eigenvalue weighted by Gasteiger charge is 2.36. The average molecular weight is 185 g/mol. The molecule has 2 fully saturated rings. The van der Waals surface area contributed by atoms with Gasteiger partial charge in [-0.05, 0) is 32.6 Å². The van der Waals surface area contributed by atoms with Crippen molar-refractivity contribution in [1.29, 1.82) is 0 Å². The first-order valence-electron chi connectivity index (χ1n) is 5.17. The van der Waals surface area contributed by atoms with E-state index in [4.69, 9.17) is 9.47 Å². The van der Waals surface area contributed by atoms with Gasteiger partial charge in [0.25, 0.3) is 0 Å². The van der Waals surface area contributed by atoms with Gasteiger partial charge in [0.15, 0.2) is 0 Å². The number of ether oxygens (including phenoxy) is 2. The summed E-state index contributed by atoms with van der Waals surface area (Å²) in [6.45, 7) is 6.99. The molecule has 0 saturated carbocycles. The van der Waals surface area contributed by atoms with Gasteiger partial charge in [-0.3, -0.25) is 5.32 Å². The molecule has 0 aromatic carbocycles. The van der Waals surface area contributed by atoms with E-state index in [-0.39, 0.29) is 5.72 Å². The molecule has 2 aliphatic heterocycles. The minimum Gasteiger partial charge on any atom is -0.381 e. The van der Waals surface area contributed by atoms with E-state index in [2.05, 4.69) is 19.2 Å². The molecule has 3 heteroatoms. The van der Waals surface area contributed by atoms with Gasteiger partial charge in [-0.1, -0.05) is 0 Å². The maximum absolute atomic E-state index is 5.75. The molecular weight excluding hydrogens is 166 g/mol. The van der Waals surface area contributed by atoms with E-state index in [9.17, 15) is 0 Å². The smallest absolute Gasteiger partial charge is 0.117 e. The Balaban J connectivity index is 1.85. The van der Waals surface area contributed by atoms with Crippen molar-refractivity contribution in [2.24, 2.45) is 5.92 Å². The Hall–Kier alpha value is -0.120. The lowest BCUT2D eigenvalue weighted by atomic mass is 9.97. The molecule has 0 amide bonds. The van der Waals surface area contributed by atoms with Gasteiger partial charge >= 0.3 is 0 Å². The maximum atomic E-state index is 5.75. The van der Waals surface area contributed by atoms with E-state index in [0.29, 0.717) is 12.0 Å². The molecule has 0 bridgehead atoms. The van der Waals surface area contributed by atoms with Gasteiger partial charge in [-0.2, -0.15) is 0 Å². The Labute approximate surface area is 79.8 Å². The highest BCUT2D eigenvalue weighted by Crippen LogP contribution is 2.28. The van der Waals surface area contributed by atoms with Crippen LogP contribution in [-0.2, 0) is 9.47 Å². The average Bonchev–Trinajstić information content (AvgIpc) is 2.62. The summed E-state index contributed by atoms with van der Waals surface area (Å²) in [5.41, 5.74) is -0.0994. The van der Waals surface area contributed by atoms with Crippen molar-refractivity contribution in [2.45, 2.75) is 38.5 Å². The normalized spacial score (nSPS) is 45.7. The van der Waals surface area contributed by atoms with Crippen LogP contribution in [0.2, 0.25) is 0 Å². The van der Waals surface area contributed by atoms with Crippen molar-refractivity contribution >= 4 is 0 Å². The molecule has 0 aromatic heterocycles. The van der Waals surface area contributed by atoms with Gasteiger partial charge in [-0.25, -0.2) is 0 Å². The van der Waals surface area contributed by atoms with Crippen LogP contribution in [-0.4, -0.2) is 31.6 Å².